The molecule has 1 aliphatic rings. The fraction of sp³-hybridized carbons (Fsp3) is 0.280. The lowest BCUT2D eigenvalue weighted by Crippen LogP contribution is -2.38. The van der Waals surface area contributed by atoms with Crippen LogP contribution < -0.4 is 0 Å². The average molecular weight is 439 g/mol. The van der Waals surface area contributed by atoms with Gasteiger partial charge in [-0.25, -0.2) is 0 Å². The summed E-state index contributed by atoms with van der Waals surface area (Å²) in [6.07, 6.45) is 3.07. The highest BCUT2D eigenvalue weighted by atomic mass is 35.5. The number of rotatable bonds is 9. The summed E-state index contributed by atoms with van der Waals surface area (Å²) < 4.78 is 0. The normalized spacial score (nSPS) is 16.7. The molecule has 1 amide bonds. The van der Waals surface area contributed by atoms with Gasteiger partial charge in [-0.05, 0) is 36.4 Å². The van der Waals surface area contributed by atoms with Crippen LogP contribution in [0.15, 0.2) is 72.0 Å². The maximum absolute atomic E-state index is 13.1. The highest BCUT2D eigenvalue weighted by molar-refractivity contribution is 6.31. The number of carbonyl (C=O) groups is 2. The summed E-state index contributed by atoms with van der Waals surface area (Å²) in [5, 5.41) is 11.1. The molecule has 1 heterocycles. The molecule has 1 N–H and O–H groups in total. The second-order valence-corrected chi connectivity index (χ2v) is 7.73. The minimum absolute atomic E-state index is 0.0600. The summed E-state index contributed by atoms with van der Waals surface area (Å²) in [7, 11) is 0. The third-order valence-corrected chi connectivity index (χ3v) is 5.89. The zero-order valence-electron chi connectivity index (χ0n) is 17.8. The van der Waals surface area contributed by atoms with Crippen LogP contribution >= 0.6 is 11.6 Å². The third-order valence-electron chi connectivity index (χ3n) is 5.55. The Kier molecular flexibility index (Phi) is 7.66. The molecule has 0 aliphatic carbocycles. The van der Waals surface area contributed by atoms with Crippen LogP contribution in [-0.2, 0) is 9.59 Å². The lowest BCUT2D eigenvalue weighted by molar-refractivity contribution is -0.129. The molecule has 6 heteroatoms. The second-order valence-electron chi connectivity index (χ2n) is 7.32. The molecule has 31 heavy (non-hydrogen) atoms. The van der Waals surface area contributed by atoms with Crippen LogP contribution in [0.4, 0.5) is 0 Å². The Morgan fingerprint density at radius 2 is 1.74 bits per heavy atom. The SMILES string of the molecule is CCN(CC)CCN1C(=O)C(O)=C(C(=O)/C=C/c2ccccc2)[C@H]1c1ccccc1Cl. The van der Waals surface area contributed by atoms with Crippen molar-refractivity contribution in [1.82, 2.24) is 9.80 Å². The fourth-order valence-electron chi connectivity index (χ4n) is 3.77. The number of hydrogen-bond acceptors (Lipinski definition) is 4. The number of carbonyl (C=O) groups excluding carboxylic acids is 2. The van der Waals surface area contributed by atoms with E-state index in [4.69, 9.17) is 11.6 Å². The number of likely N-dealkylation sites (N-methyl/N-ethyl adjacent to an activating group) is 1. The number of ketones is 1. The third kappa shape index (κ3) is 5.06. The lowest BCUT2D eigenvalue weighted by atomic mass is 9.95. The molecule has 5 nitrogen and oxygen atoms in total. The van der Waals surface area contributed by atoms with Crippen molar-refractivity contribution in [3.63, 3.8) is 0 Å². The molecule has 0 spiro atoms. The van der Waals surface area contributed by atoms with Crippen molar-refractivity contribution in [1.29, 1.82) is 0 Å². The highest BCUT2D eigenvalue weighted by Crippen LogP contribution is 2.40. The van der Waals surface area contributed by atoms with Gasteiger partial charge >= 0.3 is 0 Å². The summed E-state index contributed by atoms with van der Waals surface area (Å²) in [6.45, 7) is 6.81. The van der Waals surface area contributed by atoms with Crippen molar-refractivity contribution in [2.24, 2.45) is 0 Å². The Balaban J connectivity index is 1.97. The first-order valence-corrected chi connectivity index (χ1v) is 10.8. The van der Waals surface area contributed by atoms with Crippen LogP contribution in [0.3, 0.4) is 0 Å². The van der Waals surface area contributed by atoms with Crippen molar-refractivity contribution in [2.75, 3.05) is 26.2 Å². The predicted molar refractivity (Wildman–Crippen MR) is 124 cm³/mol. The Bertz CT molecular complexity index is 997. The Labute approximate surface area is 188 Å². The van der Waals surface area contributed by atoms with Crippen LogP contribution in [0, 0.1) is 0 Å². The smallest absolute Gasteiger partial charge is 0.290 e. The number of aliphatic hydroxyl groups is 1. The quantitative estimate of drug-likeness (QED) is 0.578. The number of halogens is 1. The zero-order chi connectivity index (χ0) is 22.4. The molecule has 3 rings (SSSR count). The first-order valence-electron chi connectivity index (χ1n) is 10.5. The number of nitrogens with zero attached hydrogens (tertiary/aromatic N) is 2. The maximum Gasteiger partial charge on any atom is 0.290 e. The van der Waals surface area contributed by atoms with Gasteiger partial charge in [-0.1, -0.05) is 80.1 Å². The van der Waals surface area contributed by atoms with Crippen molar-refractivity contribution in [3.05, 3.63) is 88.2 Å². The van der Waals surface area contributed by atoms with Gasteiger partial charge in [0, 0.05) is 18.1 Å². The highest BCUT2D eigenvalue weighted by Gasteiger charge is 2.43. The summed E-state index contributed by atoms with van der Waals surface area (Å²) in [6, 6.07) is 15.8. The molecule has 0 saturated heterocycles. The summed E-state index contributed by atoms with van der Waals surface area (Å²) in [5.74, 6) is -1.47. The van der Waals surface area contributed by atoms with Crippen LogP contribution in [0.5, 0.6) is 0 Å². The van der Waals surface area contributed by atoms with E-state index in [2.05, 4.69) is 18.7 Å². The molecule has 0 fully saturated rings. The predicted octanol–water partition coefficient (Wildman–Crippen LogP) is 4.66. The van der Waals surface area contributed by atoms with E-state index in [1.807, 2.05) is 36.4 Å². The van der Waals surface area contributed by atoms with Gasteiger partial charge < -0.3 is 14.9 Å². The fourth-order valence-corrected chi connectivity index (χ4v) is 4.01. The van der Waals surface area contributed by atoms with Gasteiger partial charge in [0.1, 0.15) is 0 Å². The van der Waals surface area contributed by atoms with Crippen LogP contribution in [0.2, 0.25) is 5.02 Å². The van der Waals surface area contributed by atoms with E-state index in [0.717, 1.165) is 18.7 Å². The van der Waals surface area contributed by atoms with Gasteiger partial charge in [0.2, 0.25) is 0 Å². The molecule has 0 unspecified atom stereocenters. The molecule has 2 aromatic rings. The molecule has 0 radical (unpaired) electrons. The summed E-state index contributed by atoms with van der Waals surface area (Å²) in [5.41, 5.74) is 1.54. The minimum atomic E-state index is -0.732. The van der Waals surface area contributed by atoms with Crippen molar-refractivity contribution in [3.8, 4) is 0 Å². The zero-order valence-corrected chi connectivity index (χ0v) is 18.5. The van der Waals surface area contributed by atoms with Gasteiger partial charge in [-0.15, -0.1) is 0 Å². The largest absolute Gasteiger partial charge is 0.503 e. The summed E-state index contributed by atoms with van der Waals surface area (Å²) >= 11 is 6.44. The molecule has 0 bridgehead atoms. The maximum atomic E-state index is 13.1. The van der Waals surface area contributed by atoms with Crippen molar-refractivity contribution >= 4 is 29.4 Å². The molecule has 2 aromatic carbocycles. The van der Waals surface area contributed by atoms with Crippen LogP contribution in [0.1, 0.15) is 31.0 Å². The standard InChI is InChI=1S/C25H27ClN2O3/c1-3-27(4-2)16-17-28-23(19-12-8-9-13-20(19)26)22(24(30)25(28)31)21(29)15-14-18-10-6-5-7-11-18/h5-15,23,30H,3-4,16-17H2,1-2H3/b15-14+/t23-/m1/s1. The summed E-state index contributed by atoms with van der Waals surface area (Å²) in [4.78, 5) is 29.8. The van der Waals surface area contributed by atoms with Crippen molar-refractivity contribution in [2.45, 2.75) is 19.9 Å². The number of amides is 1. The van der Waals surface area contributed by atoms with Gasteiger partial charge in [-0.3, -0.25) is 9.59 Å². The van der Waals surface area contributed by atoms with Gasteiger partial charge in [0.15, 0.2) is 11.5 Å². The van der Waals surface area contributed by atoms with E-state index < -0.39 is 23.5 Å². The van der Waals surface area contributed by atoms with E-state index >= 15 is 0 Å². The monoisotopic (exact) mass is 438 g/mol. The van der Waals surface area contributed by atoms with E-state index in [0.29, 0.717) is 23.7 Å². The average Bonchev–Trinajstić information content (AvgIpc) is 3.04. The lowest BCUT2D eigenvalue weighted by Gasteiger charge is -2.29. The van der Waals surface area contributed by atoms with E-state index in [9.17, 15) is 14.7 Å². The Morgan fingerprint density at radius 1 is 1.10 bits per heavy atom. The van der Waals surface area contributed by atoms with E-state index in [1.54, 1.807) is 29.2 Å². The Morgan fingerprint density at radius 3 is 2.39 bits per heavy atom. The van der Waals surface area contributed by atoms with Crippen LogP contribution in [-0.4, -0.2) is 52.8 Å². The molecule has 0 aromatic heterocycles. The number of hydrogen-bond donors (Lipinski definition) is 1. The molecular formula is C25H27ClN2O3. The molecular weight excluding hydrogens is 412 g/mol. The van der Waals surface area contributed by atoms with Crippen LogP contribution in [0.25, 0.3) is 6.08 Å². The van der Waals surface area contributed by atoms with Crippen molar-refractivity contribution < 1.29 is 14.7 Å². The second kappa shape index (κ2) is 10.4. The van der Waals surface area contributed by atoms with Gasteiger partial charge in [-0.2, -0.15) is 0 Å². The minimum Gasteiger partial charge on any atom is -0.503 e. The molecule has 0 saturated carbocycles. The number of allylic oxidation sites excluding steroid dienone is 1. The molecule has 162 valence electrons. The first-order chi connectivity index (χ1) is 15.0. The Hall–Kier alpha value is -2.89. The van der Waals surface area contributed by atoms with E-state index in [1.165, 1.54) is 6.08 Å². The number of benzene rings is 2. The molecule has 1 atom stereocenters. The molecule has 1 aliphatic heterocycles. The van der Waals surface area contributed by atoms with E-state index in [-0.39, 0.29) is 5.57 Å². The van der Waals surface area contributed by atoms with Gasteiger partial charge in [0.25, 0.3) is 5.91 Å². The topological polar surface area (TPSA) is 60.9 Å². The van der Waals surface area contributed by atoms with Gasteiger partial charge in [0.05, 0.1) is 11.6 Å². The first kappa shape index (κ1) is 22.8. The number of aliphatic hydroxyl groups excluding tert-OH is 1.